The summed E-state index contributed by atoms with van der Waals surface area (Å²) in [6.45, 7) is 10.3. The normalized spacial score (nSPS) is 16.8. The molecule has 0 bridgehead atoms. The van der Waals surface area contributed by atoms with Gasteiger partial charge in [0.05, 0.1) is 12.9 Å². The minimum atomic E-state index is -4.08. The standard InChI is InChI=1S/C8H15O5P/c1-5-12-14(9,10)13-8(4)11-6-7(2)3/h5,8H,1-2,6H2,3-4H3,(H,9,10). The Hall–Kier alpha value is -0.610. The first-order valence-corrected chi connectivity index (χ1v) is 5.43. The molecule has 5 nitrogen and oxygen atoms in total. The molecular weight excluding hydrogens is 207 g/mol. The summed E-state index contributed by atoms with van der Waals surface area (Å²) in [6.07, 6.45) is -0.00539. The van der Waals surface area contributed by atoms with Gasteiger partial charge in [0.25, 0.3) is 0 Å². The van der Waals surface area contributed by atoms with E-state index in [0.29, 0.717) is 0 Å². The zero-order valence-corrected chi connectivity index (χ0v) is 9.20. The van der Waals surface area contributed by atoms with Crippen molar-refractivity contribution in [2.75, 3.05) is 6.61 Å². The number of rotatable bonds is 7. The Balaban J connectivity index is 3.92. The molecule has 0 rings (SSSR count). The van der Waals surface area contributed by atoms with Gasteiger partial charge in [0.2, 0.25) is 0 Å². The fraction of sp³-hybridized carbons (Fsp3) is 0.500. The lowest BCUT2D eigenvalue weighted by Crippen LogP contribution is -2.12. The first-order chi connectivity index (χ1) is 6.37. The van der Waals surface area contributed by atoms with Gasteiger partial charge < -0.3 is 9.26 Å². The molecule has 82 valence electrons. The van der Waals surface area contributed by atoms with Crippen molar-refractivity contribution in [3.05, 3.63) is 25.0 Å². The first kappa shape index (κ1) is 13.4. The summed E-state index contributed by atoms with van der Waals surface area (Å²) >= 11 is 0. The van der Waals surface area contributed by atoms with Crippen LogP contribution in [0.4, 0.5) is 0 Å². The van der Waals surface area contributed by atoms with Crippen LogP contribution in [0.2, 0.25) is 0 Å². The number of ether oxygens (including phenoxy) is 1. The van der Waals surface area contributed by atoms with Crippen molar-refractivity contribution in [3.63, 3.8) is 0 Å². The number of hydrogen-bond acceptors (Lipinski definition) is 4. The molecule has 0 spiro atoms. The highest BCUT2D eigenvalue weighted by molar-refractivity contribution is 7.47. The molecule has 6 heteroatoms. The van der Waals surface area contributed by atoms with Crippen molar-refractivity contribution < 1.29 is 23.2 Å². The lowest BCUT2D eigenvalue weighted by molar-refractivity contribution is -0.0715. The molecule has 0 radical (unpaired) electrons. The van der Waals surface area contributed by atoms with E-state index in [1.54, 1.807) is 6.92 Å². The zero-order valence-electron chi connectivity index (χ0n) is 8.30. The summed E-state index contributed by atoms with van der Waals surface area (Å²) in [5.41, 5.74) is 0.790. The predicted octanol–water partition coefficient (Wildman–Crippen LogP) is 2.20. The molecule has 0 aromatic carbocycles. The van der Waals surface area contributed by atoms with Gasteiger partial charge in [0.15, 0.2) is 6.29 Å². The first-order valence-electron chi connectivity index (χ1n) is 3.94. The van der Waals surface area contributed by atoms with Crippen molar-refractivity contribution in [2.45, 2.75) is 20.1 Å². The Labute approximate surface area is 83.6 Å². The van der Waals surface area contributed by atoms with Gasteiger partial charge in [-0.3, -0.25) is 4.89 Å². The molecule has 0 aromatic rings. The maximum Gasteiger partial charge on any atom is 0.529 e. The van der Waals surface area contributed by atoms with E-state index < -0.39 is 14.1 Å². The average molecular weight is 222 g/mol. The van der Waals surface area contributed by atoms with Gasteiger partial charge in [-0.1, -0.05) is 18.7 Å². The summed E-state index contributed by atoms with van der Waals surface area (Å²) in [4.78, 5) is 8.99. The maximum absolute atomic E-state index is 11.0. The van der Waals surface area contributed by atoms with Crippen LogP contribution in [0.3, 0.4) is 0 Å². The minimum Gasteiger partial charge on any atom is -0.413 e. The summed E-state index contributed by atoms with van der Waals surface area (Å²) in [7, 11) is -4.08. The lowest BCUT2D eigenvalue weighted by Gasteiger charge is -2.16. The number of hydrogen-bond donors (Lipinski definition) is 1. The molecular formula is C8H15O5P. The van der Waals surface area contributed by atoms with Gasteiger partial charge in [0, 0.05) is 0 Å². The van der Waals surface area contributed by atoms with Crippen molar-refractivity contribution in [2.24, 2.45) is 0 Å². The van der Waals surface area contributed by atoms with Crippen LogP contribution < -0.4 is 0 Å². The summed E-state index contributed by atoms with van der Waals surface area (Å²) in [5.74, 6) is 0. The van der Waals surface area contributed by atoms with Crippen LogP contribution in [0.1, 0.15) is 13.8 Å². The van der Waals surface area contributed by atoms with Crippen LogP contribution in [0.5, 0.6) is 0 Å². The largest absolute Gasteiger partial charge is 0.529 e. The Morgan fingerprint density at radius 2 is 2.29 bits per heavy atom. The van der Waals surface area contributed by atoms with Crippen molar-refractivity contribution in [3.8, 4) is 0 Å². The molecule has 0 aromatic heterocycles. The second-order valence-corrected chi connectivity index (χ2v) is 4.04. The molecule has 0 heterocycles. The van der Waals surface area contributed by atoms with Crippen molar-refractivity contribution in [1.82, 2.24) is 0 Å². The van der Waals surface area contributed by atoms with Gasteiger partial charge in [-0.05, 0) is 13.8 Å². The fourth-order valence-electron chi connectivity index (χ4n) is 0.597. The summed E-state index contributed by atoms with van der Waals surface area (Å²) in [5, 5.41) is 0. The highest BCUT2D eigenvalue weighted by atomic mass is 31.2. The lowest BCUT2D eigenvalue weighted by atomic mass is 10.4. The molecule has 0 amide bonds. The van der Waals surface area contributed by atoms with Gasteiger partial charge in [-0.25, -0.2) is 9.09 Å². The van der Waals surface area contributed by atoms with E-state index in [0.717, 1.165) is 11.8 Å². The van der Waals surface area contributed by atoms with Gasteiger partial charge >= 0.3 is 7.82 Å². The molecule has 0 aliphatic carbocycles. The van der Waals surface area contributed by atoms with E-state index in [1.165, 1.54) is 6.92 Å². The molecule has 1 N–H and O–H groups in total. The molecule has 0 saturated carbocycles. The Morgan fingerprint density at radius 1 is 1.71 bits per heavy atom. The third-order valence-corrected chi connectivity index (χ3v) is 2.03. The molecule has 0 saturated heterocycles. The van der Waals surface area contributed by atoms with E-state index in [-0.39, 0.29) is 6.61 Å². The number of phosphoric acid groups is 1. The van der Waals surface area contributed by atoms with Gasteiger partial charge in [-0.2, -0.15) is 0 Å². The predicted molar refractivity (Wildman–Crippen MR) is 52.4 cm³/mol. The monoisotopic (exact) mass is 222 g/mol. The third kappa shape index (κ3) is 6.86. The molecule has 2 unspecified atom stereocenters. The highest BCUT2D eigenvalue weighted by Crippen LogP contribution is 2.44. The zero-order chi connectivity index (χ0) is 11.2. The average Bonchev–Trinajstić information content (AvgIpc) is 1.99. The van der Waals surface area contributed by atoms with E-state index >= 15 is 0 Å². The summed E-state index contributed by atoms with van der Waals surface area (Å²) < 4.78 is 24.9. The molecule has 14 heavy (non-hydrogen) atoms. The van der Waals surface area contributed by atoms with Crippen LogP contribution in [0.25, 0.3) is 0 Å². The van der Waals surface area contributed by atoms with Crippen molar-refractivity contribution >= 4 is 7.82 Å². The second-order valence-electron chi connectivity index (χ2n) is 2.68. The quantitative estimate of drug-likeness (QED) is 0.309. The Kier molecular flexibility index (Phi) is 5.72. The third-order valence-electron chi connectivity index (χ3n) is 1.05. The van der Waals surface area contributed by atoms with E-state index in [2.05, 4.69) is 22.2 Å². The highest BCUT2D eigenvalue weighted by Gasteiger charge is 2.24. The minimum absolute atomic E-state index is 0.259. The SMILES string of the molecule is C=COP(=O)(O)OC(C)OCC(=C)C. The molecule has 0 aliphatic rings. The van der Waals surface area contributed by atoms with E-state index in [4.69, 9.17) is 9.63 Å². The van der Waals surface area contributed by atoms with Gasteiger partial charge in [-0.15, -0.1) is 0 Å². The number of phosphoric ester groups is 1. The van der Waals surface area contributed by atoms with Gasteiger partial charge in [0.1, 0.15) is 0 Å². The second kappa shape index (κ2) is 5.98. The topological polar surface area (TPSA) is 65.0 Å². The van der Waals surface area contributed by atoms with Crippen LogP contribution in [0.15, 0.2) is 25.0 Å². The summed E-state index contributed by atoms with van der Waals surface area (Å²) in [6, 6.07) is 0. The van der Waals surface area contributed by atoms with Crippen LogP contribution in [0, 0.1) is 0 Å². The van der Waals surface area contributed by atoms with Crippen molar-refractivity contribution in [1.29, 1.82) is 0 Å². The smallest absolute Gasteiger partial charge is 0.413 e. The van der Waals surface area contributed by atoms with E-state index in [9.17, 15) is 4.57 Å². The molecule has 2 atom stereocenters. The van der Waals surface area contributed by atoms with Crippen LogP contribution >= 0.6 is 7.82 Å². The Bertz CT molecular complexity index is 250. The molecule has 0 fully saturated rings. The maximum atomic E-state index is 11.0. The van der Waals surface area contributed by atoms with E-state index in [1.807, 2.05) is 0 Å². The van der Waals surface area contributed by atoms with Crippen LogP contribution in [-0.2, 0) is 18.3 Å². The Morgan fingerprint density at radius 3 is 2.71 bits per heavy atom. The molecule has 0 aliphatic heterocycles. The fourth-order valence-corrected chi connectivity index (χ4v) is 1.27. The van der Waals surface area contributed by atoms with Crippen LogP contribution in [-0.4, -0.2) is 17.8 Å².